The van der Waals surface area contributed by atoms with Crippen molar-refractivity contribution >= 4 is 16.8 Å². The number of hydrogen-bond acceptors (Lipinski definition) is 3. The molecule has 0 aliphatic carbocycles. The molecule has 24 heavy (non-hydrogen) atoms. The van der Waals surface area contributed by atoms with Crippen molar-refractivity contribution in [3.63, 3.8) is 0 Å². The van der Waals surface area contributed by atoms with Gasteiger partial charge in [0.15, 0.2) is 0 Å². The second-order valence-corrected chi connectivity index (χ2v) is 7.24. The highest BCUT2D eigenvalue weighted by atomic mass is 16.2. The molecule has 0 aliphatic rings. The Labute approximate surface area is 143 Å². The van der Waals surface area contributed by atoms with E-state index in [4.69, 9.17) is 0 Å². The average molecular weight is 329 g/mol. The van der Waals surface area contributed by atoms with E-state index in [1.54, 1.807) is 6.07 Å². The Kier molecular flexibility index (Phi) is 5.75. The fourth-order valence-corrected chi connectivity index (χ4v) is 2.86. The van der Waals surface area contributed by atoms with Gasteiger partial charge in [0.1, 0.15) is 6.54 Å². The molecule has 130 valence electrons. The first-order chi connectivity index (χ1) is 11.3. The lowest BCUT2D eigenvalue weighted by Gasteiger charge is -2.26. The standard InChI is InChI=1S/C19H27N3O2/c1-13(2)9-21(10-14(3)4)17(23)11-22-12-20-18-15(5)7-6-8-16(18)19(22)24/h6-8,12-14H,9-11H2,1-5H3. The topological polar surface area (TPSA) is 55.2 Å². The summed E-state index contributed by atoms with van der Waals surface area (Å²) in [4.78, 5) is 31.5. The summed E-state index contributed by atoms with van der Waals surface area (Å²) >= 11 is 0. The Hall–Kier alpha value is -2.17. The minimum absolute atomic E-state index is 0.0340. The van der Waals surface area contributed by atoms with Crippen molar-refractivity contribution in [2.75, 3.05) is 13.1 Å². The van der Waals surface area contributed by atoms with Crippen LogP contribution in [0, 0.1) is 18.8 Å². The Morgan fingerprint density at radius 1 is 1.17 bits per heavy atom. The van der Waals surface area contributed by atoms with Crippen molar-refractivity contribution < 1.29 is 4.79 Å². The SMILES string of the molecule is Cc1cccc2c(=O)n(CC(=O)N(CC(C)C)CC(C)C)cnc12. The summed E-state index contributed by atoms with van der Waals surface area (Å²) in [5, 5.41) is 0.560. The monoisotopic (exact) mass is 329 g/mol. The van der Waals surface area contributed by atoms with E-state index < -0.39 is 0 Å². The molecule has 1 heterocycles. The van der Waals surface area contributed by atoms with Crippen molar-refractivity contribution in [2.45, 2.75) is 41.2 Å². The average Bonchev–Trinajstić information content (AvgIpc) is 2.49. The Balaban J connectivity index is 2.29. The van der Waals surface area contributed by atoms with Crippen molar-refractivity contribution in [1.29, 1.82) is 0 Å². The number of aryl methyl sites for hydroxylation is 1. The second-order valence-electron chi connectivity index (χ2n) is 7.24. The molecule has 0 unspecified atom stereocenters. The number of aromatic nitrogens is 2. The minimum atomic E-state index is -0.161. The van der Waals surface area contributed by atoms with Gasteiger partial charge in [-0.2, -0.15) is 0 Å². The van der Waals surface area contributed by atoms with Crippen molar-refractivity contribution in [1.82, 2.24) is 14.5 Å². The van der Waals surface area contributed by atoms with Gasteiger partial charge in [-0.1, -0.05) is 39.8 Å². The van der Waals surface area contributed by atoms with E-state index in [9.17, 15) is 9.59 Å². The van der Waals surface area contributed by atoms with Crippen LogP contribution in [0.2, 0.25) is 0 Å². The summed E-state index contributed by atoms with van der Waals surface area (Å²) in [6, 6.07) is 5.53. The predicted octanol–water partition coefficient (Wildman–Crippen LogP) is 2.85. The summed E-state index contributed by atoms with van der Waals surface area (Å²) in [6.07, 6.45) is 1.48. The molecule has 5 heteroatoms. The second kappa shape index (κ2) is 7.60. The highest BCUT2D eigenvalue weighted by Gasteiger charge is 2.18. The van der Waals surface area contributed by atoms with Gasteiger partial charge in [0.25, 0.3) is 5.56 Å². The summed E-state index contributed by atoms with van der Waals surface area (Å²) in [5.74, 6) is 0.747. The van der Waals surface area contributed by atoms with Gasteiger partial charge in [-0.3, -0.25) is 14.2 Å². The largest absolute Gasteiger partial charge is 0.341 e. The van der Waals surface area contributed by atoms with E-state index in [1.165, 1.54) is 10.9 Å². The highest BCUT2D eigenvalue weighted by Crippen LogP contribution is 2.11. The third-order valence-electron chi connectivity index (χ3n) is 3.88. The van der Waals surface area contributed by atoms with E-state index in [2.05, 4.69) is 32.7 Å². The molecule has 2 rings (SSSR count). The smallest absolute Gasteiger partial charge is 0.261 e. The maximum Gasteiger partial charge on any atom is 0.261 e. The third kappa shape index (κ3) is 4.22. The molecule has 0 bridgehead atoms. The normalized spacial score (nSPS) is 11.5. The molecular weight excluding hydrogens is 302 g/mol. The predicted molar refractivity (Wildman–Crippen MR) is 97.0 cm³/mol. The minimum Gasteiger partial charge on any atom is -0.341 e. The Morgan fingerprint density at radius 2 is 1.79 bits per heavy atom. The molecule has 0 N–H and O–H groups in total. The van der Waals surface area contributed by atoms with E-state index in [1.807, 2.05) is 24.0 Å². The zero-order valence-corrected chi connectivity index (χ0v) is 15.2. The molecule has 0 aliphatic heterocycles. The van der Waals surface area contributed by atoms with Crippen molar-refractivity contribution in [2.24, 2.45) is 11.8 Å². The van der Waals surface area contributed by atoms with E-state index >= 15 is 0 Å². The number of para-hydroxylation sites is 1. The lowest BCUT2D eigenvalue weighted by molar-refractivity contribution is -0.133. The van der Waals surface area contributed by atoms with Gasteiger partial charge < -0.3 is 4.90 Å². The van der Waals surface area contributed by atoms with Gasteiger partial charge in [-0.05, 0) is 30.4 Å². The number of nitrogens with zero attached hydrogens (tertiary/aromatic N) is 3. The molecule has 0 radical (unpaired) electrons. The van der Waals surface area contributed by atoms with Gasteiger partial charge in [0, 0.05) is 13.1 Å². The molecule has 0 spiro atoms. The number of carbonyl (C=O) groups is 1. The van der Waals surface area contributed by atoms with Crippen LogP contribution in [0.5, 0.6) is 0 Å². The van der Waals surface area contributed by atoms with E-state index in [0.29, 0.717) is 35.8 Å². The molecule has 1 amide bonds. The van der Waals surface area contributed by atoms with Crippen LogP contribution in [0.25, 0.3) is 10.9 Å². The van der Waals surface area contributed by atoms with Crippen LogP contribution in [0.4, 0.5) is 0 Å². The lowest BCUT2D eigenvalue weighted by Crippen LogP contribution is -2.40. The fourth-order valence-electron chi connectivity index (χ4n) is 2.86. The number of hydrogen-bond donors (Lipinski definition) is 0. The molecule has 0 fully saturated rings. The van der Waals surface area contributed by atoms with Crippen LogP contribution in [-0.2, 0) is 11.3 Å². The van der Waals surface area contributed by atoms with Crippen LogP contribution < -0.4 is 5.56 Å². The molecule has 2 aromatic rings. The van der Waals surface area contributed by atoms with Crippen LogP contribution >= 0.6 is 0 Å². The van der Waals surface area contributed by atoms with Gasteiger partial charge in [0.05, 0.1) is 17.2 Å². The number of fused-ring (bicyclic) bond motifs is 1. The molecule has 0 saturated carbocycles. The molecule has 1 aromatic heterocycles. The molecule has 1 aromatic carbocycles. The number of carbonyl (C=O) groups excluding carboxylic acids is 1. The Morgan fingerprint density at radius 3 is 2.38 bits per heavy atom. The molecule has 5 nitrogen and oxygen atoms in total. The fraction of sp³-hybridized carbons (Fsp3) is 0.526. The number of rotatable bonds is 6. The summed E-state index contributed by atoms with van der Waals surface area (Å²) < 4.78 is 1.41. The molecule has 0 saturated heterocycles. The van der Waals surface area contributed by atoms with Crippen LogP contribution in [0.3, 0.4) is 0 Å². The first-order valence-corrected chi connectivity index (χ1v) is 8.52. The first kappa shape index (κ1) is 18.2. The van der Waals surface area contributed by atoms with Crippen LogP contribution in [0.1, 0.15) is 33.3 Å². The maximum absolute atomic E-state index is 12.7. The van der Waals surface area contributed by atoms with Crippen LogP contribution in [0.15, 0.2) is 29.3 Å². The lowest BCUT2D eigenvalue weighted by atomic mass is 10.1. The summed E-state index contributed by atoms with van der Waals surface area (Å²) in [6.45, 7) is 11.7. The zero-order chi connectivity index (χ0) is 17.9. The third-order valence-corrected chi connectivity index (χ3v) is 3.88. The maximum atomic E-state index is 12.7. The molecular formula is C19H27N3O2. The summed E-state index contributed by atoms with van der Waals surface area (Å²) in [7, 11) is 0. The summed E-state index contributed by atoms with van der Waals surface area (Å²) in [5.41, 5.74) is 1.50. The van der Waals surface area contributed by atoms with E-state index in [0.717, 1.165) is 5.56 Å². The van der Waals surface area contributed by atoms with E-state index in [-0.39, 0.29) is 18.0 Å². The first-order valence-electron chi connectivity index (χ1n) is 8.52. The zero-order valence-electron chi connectivity index (χ0n) is 15.2. The van der Waals surface area contributed by atoms with Crippen molar-refractivity contribution in [3.8, 4) is 0 Å². The number of benzene rings is 1. The van der Waals surface area contributed by atoms with Crippen molar-refractivity contribution in [3.05, 3.63) is 40.4 Å². The van der Waals surface area contributed by atoms with Gasteiger partial charge in [-0.15, -0.1) is 0 Å². The Bertz CT molecular complexity index is 768. The quantitative estimate of drug-likeness (QED) is 0.819. The van der Waals surface area contributed by atoms with Gasteiger partial charge in [-0.25, -0.2) is 4.98 Å². The molecule has 0 atom stereocenters. The van der Waals surface area contributed by atoms with Gasteiger partial charge >= 0.3 is 0 Å². The highest BCUT2D eigenvalue weighted by molar-refractivity contribution is 5.81. The van der Waals surface area contributed by atoms with Crippen LogP contribution in [-0.4, -0.2) is 33.4 Å². The van der Waals surface area contributed by atoms with Gasteiger partial charge in [0.2, 0.25) is 5.91 Å². The number of amides is 1.